The molecule has 2 aromatic rings. The molecule has 2 aromatic carbocycles. The van der Waals surface area contributed by atoms with Gasteiger partial charge in [-0.15, -0.1) is 0 Å². The number of carbonyl (C=O) groups excluding carboxylic acids is 2. The molecule has 0 unspecified atom stereocenters. The molecular formula is C19H20FN3O2. The summed E-state index contributed by atoms with van der Waals surface area (Å²) in [6, 6.07) is 14.2. The minimum Gasteiger partial charge on any atom is -0.313 e. The Hall–Kier alpha value is -2.89. The zero-order valence-electron chi connectivity index (χ0n) is 14.0. The van der Waals surface area contributed by atoms with E-state index in [2.05, 4.69) is 5.32 Å². The van der Waals surface area contributed by atoms with Gasteiger partial charge in [0.25, 0.3) is 0 Å². The number of amides is 3. The second-order valence-corrected chi connectivity index (χ2v) is 5.86. The number of anilines is 2. The van der Waals surface area contributed by atoms with Crippen molar-refractivity contribution in [1.82, 2.24) is 4.90 Å². The van der Waals surface area contributed by atoms with Gasteiger partial charge >= 0.3 is 6.03 Å². The van der Waals surface area contributed by atoms with E-state index in [4.69, 9.17) is 0 Å². The summed E-state index contributed by atoms with van der Waals surface area (Å²) in [6.07, 6.45) is 0.568. The van der Waals surface area contributed by atoms with Crippen molar-refractivity contribution >= 4 is 23.3 Å². The molecule has 6 heteroatoms. The van der Waals surface area contributed by atoms with Gasteiger partial charge in [-0.2, -0.15) is 0 Å². The molecule has 0 saturated carbocycles. The minimum absolute atomic E-state index is 0.0950. The normalized spacial score (nSPS) is 16.8. The first-order chi connectivity index (χ1) is 12.1. The summed E-state index contributed by atoms with van der Waals surface area (Å²) in [4.78, 5) is 28.5. The quantitative estimate of drug-likeness (QED) is 0.925. The molecule has 0 aliphatic carbocycles. The standard InChI is InChI=1S/C19H20FN3O2/c1-2-22(19(25)21-15-8-6-7-14(20)13-15)17-11-12-23(18(17)24)16-9-4-3-5-10-16/h3-10,13,17H,2,11-12H2,1H3,(H,21,25)/t17-/m0/s1. The number of nitrogens with zero attached hydrogens (tertiary/aromatic N) is 2. The van der Waals surface area contributed by atoms with Crippen molar-refractivity contribution in [3.63, 3.8) is 0 Å². The predicted octanol–water partition coefficient (Wildman–Crippen LogP) is 3.49. The second-order valence-electron chi connectivity index (χ2n) is 5.86. The fraction of sp³-hybridized carbons (Fsp3) is 0.263. The van der Waals surface area contributed by atoms with E-state index in [1.807, 2.05) is 37.3 Å². The van der Waals surface area contributed by atoms with Crippen LogP contribution in [0.4, 0.5) is 20.6 Å². The van der Waals surface area contributed by atoms with Crippen LogP contribution in [0.1, 0.15) is 13.3 Å². The van der Waals surface area contributed by atoms with Gasteiger partial charge in [0.15, 0.2) is 0 Å². The van der Waals surface area contributed by atoms with Crippen molar-refractivity contribution < 1.29 is 14.0 Å². The van der Waals surface area contributed by atoms with Crippen LogP contribution in [0, 0.1) is 5.82 Å². The summed E-state index contributed by atoms with van der Waals surface area (Å²) in [6.45, 7) is 2.78. The van der Waals surface area contributed by atoms with E-state index in [0.29, 0.717) is 25.2 Å². The van der Waals surface area contributed by atoms with Crippen LogP contribution in [0.2, 0.25) is 0 Å². The van der Waals surface area contributed by atoms with Crippen LogP contribution in [0.3, 0.4) is 0 Å². The van der Waals surface area contributed by atoms with Gasteiger partial charge in [-0.25, -0.2) is 9.18 Å². The Balaban J connectivity index is 1.72. The third kappa shape index (κ3) is 3.63. The summed E-state index contributed by atoms with van der Waals surface area (Å²) < 4.78 is 13.3. The highest BCUT2D eigenvalue weighted by atomic mass is 19.1. The van der Waals surface area contributed by atoms with Gasteiger partial charge in [-0.3, -0.25) is 4.79 Å². The lowest BCUT2D eigenvalue weighted by Gasteiger charge is -2.27. The molecule has 0 aromatic heterocycles. The van der Waals surface area contributed by atoms with E-state index in [1.165, 1.54) is 23.1 Å². The Morgan fingerprint density at radius 1 is 1.24 bits per heavy atom. The molecule has 1 heterocycles. The molecule has 0 bridgehead atoms. The average Bonchev–Trinajstić information content (AvgIpc) is 2.98. The zero-order valence-corrected chi connectivity index (χ0v) is 14.0. The van der Waals surface area contributed by atoms with Crippen molar-refractivity contribution in [1.29, 1.82) is 0 Å². The van der Waals surface area contributed by atoms with Crippen molar-refractivity contribution in [3.05, 3.63) is 60.4 Å². The van der Waals surface area contributed by atoms with Crippen LogP contribution in [0.5, 0.6) is 0 Å². The van der Waals surface area contributed by atoms with Gasteiger partial charge in [0.05, 0.1) is 0 Å². The molecule has 0 spiro atoms. The summed E-state index contributed by atoms with van der Waals surface area (Å²) in [5.74, 6) is -0.518. The van der Waals surface area contributed by atoms with Gasteiger partial charge in [0, 0.05) is 24.5 Å². The molecule has 0 radical (unpaired) electrons. The molecule has 1 aliphatic heterocycles. The van der Waals surface area contributed by atoms with Crippen LogP contribution in [-0.4, -0.2) is 36.0 Å². The zero-order chi connectivity index (χ0) is 17.8. The van der Waals surface area contributed by atoms with Crippen molar-refractivity contribution in [3.8, 4) is 0 Å². The van der Waals surface area contributed by atoms with Gasteiger partial charge in [-0.05, 0) is 43.7 Å². The smallest absolute Gasteiger partial charge is 0.313 e. The second kappa shape index (κ2) is 7.34. The van der Waals surface area contributed by atoms with Crippen LogP contribution >= 0.6 is 0 Å². The maximum absolute atomic E-state index is 13.3. The molecule has 1 fully saturated rings. The Kier molecular flexibility index (Phi) is 4.97. The highest BCUT2D eigenvalue weighted by Crippen LogP contribution is 2.24. The largest absolute Gasteiger partial charge is 0.322 e. The van der Waals surface area contributed by atoms with E-state index < -0.39 is 17.9 Å². The highest BCUT2D eigenvalue weighted by molar-refractivity contribution is 6.02. The van der Waals surface area contributed by atoms with Crippen molar-refractivity contribution in [2.45, 2.75) is 19.4 Å². The average molecular weight is 341 g/mol. The third-order valence-electron chi connectivity index (χ3n) is 4.30. The molecule has 3 amide bonds. The molecule has 3 rings (SSSR count). The van der Waals surface area contributed by atoms with E-state index in [9.17, 15) is 14.0 Å². The van der Waals surface area contributed by atoms with Crippen molar-refractivity contribution in [2.75, 3.05) is 23.3 Å². The van der Waals surface area contributed by atoms with Gasteiger partial charge in [0.2, 0.25) is 5.91 Å². The number of halogens is 1. The van der Waals surface area contributed by atoms with E-state index in [1.54, 1.807) is 11.0 Å². The highest BCUT2D eigenvalue weighted by Gasteiger charge is 2.38. The number of carbonyl (C=O) groups is 2. The predicted molar refractivity (Wildman–Crippen MR) is 95.0 cm³/mol. The van der Waals surface area contributed by atoms with Crippen LogP contribution < -0.4 is 10.2 Å². The maximum Gasteiger partial charge on any atom is 0.322 e. The Morgan fingerprint density at radius 2 is 2.00 bits per heavy atom. The molecule has 1 N–H and O–H groups in total. The van der Waals surface area contributed by atoms with Gasteiger partial charge < -0.3 is 15.1 Å². The molecule has 5 nitrogen and oxygen atoms in total. The molecule has 1 saturated heterocycles. The number of likely N-dealkylation sites (N-methyl/N-ethyl adjacent to an activating group) is 1. The first-order valence-corrected chi connectivity index (χ1v) is 8.29. The number of benzene rings is 2. The lowest BCUT2D eigenvalue weighted by Crippen LogP contribution is -2.47. The minimum atomic E-state index is -0.515. The fourth-order valence-electron chi connectivity index (χ4n) is 3.09. The summed E-state index contributed by atoms with van der Waals surface area (Å²) >= 11 is 0. The fourth-order valence-corrected chi connectivity index (χ4v) is 3.09. The number of hydrogen-bond donors (Lipinski definition) is 1. The Morgan fingerprint density at radius 3 is 2.68 bits per heavy atom. The molecule has 1 aliphatic rings. The molecule has 25 heavy (non-hydrogen) atoms. The molecular weight excluding hydrogens is 321 g/mol. The molecule has 130 valence electrons. The Labute approximate surface area is 146 Å². The number of nitrogens with one attached hydrogen (secondary N) is 1. The lowest BCUT2D eigenvalue weighted by atomic mass is 10.2. The lowest BCUT2D eigenvalue weighted by molar-refractivity contribution is -0.120. The third-order valence-corrected chi connectivity index (χ3v) is 4.30. The van der Waals surface area contributed by atoms with E-state index >= 15 is 0 Å². The summed E-state index contributed by atoms with van der Waals surface area (Å²) in [7, 11) is 0. The monoisotopic (exact) mass is 341 g/mol. The number of urea groups is 1. The Bertz CT molecular complexity index is 766. The summed E-state index contributed by atoms with van der Waals surface area (Å²) in [5.41, 5.74) is 1.20. The van der Waals surface area contributed by atoms with Crippen molar-refractivity contribution in [2.24, 2.45) is 0 Å². The number of rotatable bonds is 4. The van der Waals surface area contributed by atoms with Gasteiger partial charge in [-0.1, -0.05) is 24.3 Å². The van der Waals surface area contributed by atoms with Gasteiger partial charge in [0.1, 0.15) is 11.9 Å². The molecule has 1 atom stereocenters. The van der Waals surface area contributed by atoms with E-state index in [-0.39, 0.29) is 5.91 Å². The summed E-state index contributed by atoms with van der Waals surface area (Å²) in [5, 5.41) is 2.66. The topological polar surface area (TPSA) is 52.7 Å². The van der Waals surface area contributed by atoms with Crippen LogP contribution in [0.25, 0.3) is 0 Å². The maximum atomic E-state index is 13.3. The van der Waals surface area contributed by atoms with Crippen LogP contribution in [0.15, 0.2) is 54.6 Å². The first-order valence-electron chi connectivity index (χ1n) is 8.29. The van der Waals surface area contributed by atoms with E-state index in [0.717, 1.165) is 5.69 Å². The first kappa shape index (κ1) is 17.0. The SMILES string of the molecule is CCN(C(=O)Nc1cccc(F)c1)[C@H]1CCN(c2ccccc2)C1=O. The number of para-hydroxylation sites is 1. The number of hydrogen-bond acceptors (Lipinski definition) is 2. The van der Waals surface area contributed by atoms with Crippen LogP contribution in [-0.2, 0) is 4.79 Å².